The maximum atomic E-state index is 4.46. The summed E-state index contributed by atoms with van der Waals surface area (Å²) in [4.78, 5) is 0. The van der Waals surface area contributed by atoms with Crippen molar-refractivity contribution in [1.29, 1.82) is 0 Å². The Kier molecular flexibility index (Phi) is 3.06. The molecule has 1 N–H and O–H groups in total. The van der Waals surface area contributed by atoms with E-state index in [2.05, 4.69) is 49.0 Å². The van der Waals surface area contributed by atoms with Crippen LogP contribution in [-0.4, -0.2) is 16.3 Å². The summed E-state index contributed by atoms with van der Waals surface area (Å²) in [7, 11) is 0. The topological polar surface area (TPSA) is 29.9 Å². The lowest BCUT2D eigenvalue weighted by Gasteiger charge is -2.27. The molecule has 0 aliphatic carbocycles. The van der Waals surface area contributed by atoms with Crippen molar-refractivity contribution < 1.29 is 0 Å². The van der Waals surface area contributed by atoms with Crippen molar-refractivity contribution in [2.75, 3.05) is 6.54 Å². The Morgan fingerprint density at radius 1 is 1.38 bits per heavy atom. The van der Waals surface area contributed by atoms with Gasteiger partial charge in [0.15, 0.2) is 0 Å². The molecule has 1 fully saturated rings. The molecule has 0 spiro atoms. The van der Waals surface area contributed by atoms with Crippen LogP contribution in [0.25, 0.3) is 0 Å². The summed E-state index contributed by atoms with van der Waals surface area (Å²) < 4.78 is 2.06. The molecule has 2 heterocycles. The number of nitrogens with zero attached hydrogens (tertiary/aromatic N) is 2. The Morgan fingerprint density at radius 2 is 2.12 bits per heavy atom. The Bertz CT molecular complexity index is 340. The van der Waals surface area contributed by atoms with Crippen molar-refractivity contribution in [1.82, 2.24) is 15.1 Å². The summed E-state index contributed by atoms with van der Waals surface area (Å²) in [6.07, 6.45) is 6.75. The highest BCUT2D eigenvalue weighted by Gasteiger charge is 2.22. The summed E-state index contributed by atoms with van der Waals surface area (Å²) in [6, 6.07) is 0.507. The molecule has 1 aromatic heterocycles. The largest absolute Gasteiger partial charge is 0.310 e. The predicted molar refractivity (Wildman–Crippen MR) is 66.4 cm³/mol. The van der Waals surface area contributed by atoms with E-state index in [4.69, 9.17) is 0 Å². The van der Waals surface area contributed by atoms with E-state index in [0.717, 1.165) is 12.5 Å². The van der Waals surface area contributed by atoms with Gasteiger partial charge in [0.05, 0.1) is 11.7 Å². The molecule has 0 aromatic carbocycles. The van der Waals surface area contributed by atoms with Crippen molar-refractivity contribution in [3.8, 4) is 0 Å². The van der Waals surface area contributed by atoms with E-state index in [9.17, 15) is 0 Å². The third kappa shape index (κ3) is 2.46. The molecule has 0 bridgehead atoms. The zero-order valence-corrected chi connectivity index (χ0v) is 10.8. The van der Waals surface area contributed by atoms with E-state index in [1.807, 2.05) is 6.20 Å². The minimum absolute atomic E-state index is 0.0835. The standard InChI is InChI=1S/C13H23N3/c1-10-5-6-12(14-7-10)11-8-15-16(9-11)13(2,3)4/h8-10,12,14H,5-7H2,1-4H3. The number of rotatable bonds is 1. The molecule has 0 radical (unpaired) electrons. The first-order chi connectivity index (χ1) is 7.47. The van der Waals surface area contributed by atoms with Crippen LogP contribution in [0.1, 0.15) is 52.1 Å². The molecule has 1 aliphatic heterocycles. The molecule has 1 saturated heterocycles. The van der Waals surface area contributed by atoms with Crippen LogP contribution in [-0.2, 0) is 5.54 Å². The highest BCUT2D eigenvalue weighted by Crippen LogP contribution is 2.26. The van der Waals surface area contributed by atoms with Gasteiger partial charge >= 0.3 is 0 Å². The lowest BCUT2D eigenvalue weighted by molar-refractivity contribution is 0.330. The fraction of sp³-hybridized carbons (Fsp3) is 0.769. The van der Waals surface area contributed by atoms with Crippen LogP contribution in [0.3, 0.4) is 0 Å². The number of nitrogens with one attached hydrogen (secondary N) is 1. The number of piperidine rings is 1. The van der Waals surface area contributed by atoms with Gasteiger partial charge in [-0.25, -0.2) is 0 Å². The van der Waals surface area contributed by atoms with Gasteiger partial charge in [-0.3, -0.25) is 4.68 Å². The van der Waals surface area contributed by atoms with Crippen LogP contribution in [0.4, 0.5) is 0 Å². The monoisotopic (exact) mass is 221 g/mol. The van der Waals surface area contributed by atoms with Gasteiger partial charge in [-0.15, -0.1) is 0 Å². The van der Waals surface area contributed by atoms with Crippen molar-refractivity contribution in [3.05, 3.63) is 18.0 Å². The molecule has 2 rings (SSSR count). The molecule has 0 saturated carbocycles. The van der Waals surface area contributed by atoms with Crippen LogP contribution in [0.15, 0.2) is 12.4 Å². The quantitative estimate of drug-likeness (QED) is 0.790. The summed E-state index contributed by atoms with van der Waals surface area (Å²) in [5, 5.41) is 8.05. The van der Waals surface area contributed by atoms with Crippen molar-refractivity contribution in [3.63, 3.8) is 0 Å². The number of hydrogen-bond acceptors (Lipinski definition) is 2. The maximum absolute atomic E-state index is 4.46. The van der Waals surface area contributed by atoms with Gasteiger partial charge in [0.2, 0.25) is 0 Å². The van der Waals surface area contributed by atoms with Gasteiger partial charge in [0.1, 0.15) is 0 Å². The maximum Gasteiger partial charge on any atom is 0.0543 e. The second-order valence-corrected chi connectivity index (χ2v) is 6.03. The third-order valence-corrected chi connectivity index (χ3v) is 3.35. The summed E-state index contributed by atoms with van der Waals surface area (Å²) >= 11 is 0. The minimum atomic E-state index is 0.0835. The van der Waals surface area contributed by atoms with Crippen LogP contribution in [0, 0.1) is 5.92 Å². The molecule has 2 unspecified atom stereocenters. The Labute approximate surface area is 98.2 Å². The zero-order valence-electron chi connectivity index (χ0n) is 10.8. The predicted octanol–water partition coefficient (Wildman–Crippen LogP) is 2.70. The molecular formula is C13H23N3. The molecular weight excluding hydrogens is 198 g/mol. The van der Waals surface area contributed by atoms with Crippen LogP contribution in [0.2, 0.25) is 0 Å². The molecule has 16 heavy (non-hydrogen) atoms. The van der Waals surface area contributed by atoms with E-state index in [0.29, 0.717) is 6.04 Å². The van der Waals surface area contributed by atoms with Gasteiger partial charge < -0.3 is 5.32 Å². The average Bonchev–Trinajstić information content (AvgIpc) is 2.67. The van der Waals surface area contributed by atoms with Gasteiger partial charge in [0, 0.05) is 17.8 Å². The van der Waals surface area contributed by atoms with E-state index in [1.54, 1.807) is 0 Å². The summed E-state index contributed by atoms with van der Waals surface area (Å²) in [6.45, 7) is 9.98. The fourth-order valence-electron chi connectivity index (χ4n) is 2.17. The first-order valence-corrected chi connectivity index (χ1v) is 6.25. The van der Waals surface area contributed by atoms with Gasteiger partial charge in [-0.05, 0) is 46.1 Å². The highest BCUT2D eigenvalue weighted by atomic mass is 15.3. The number of aromatic nitrogens is 2. The Morgan fingerprint density at radius 3 is 2.62 bits per heavy atom. The lowest BCUT2D eigenvalue weighted by Crippen LogP contribution is -2.31. The smallest absolute Gasteiger partial charge is 0.0543 e. The number of hydrogen-bond donors (Lipinski definition) is 1. The third-order valence-electron chi connectivity index (χ3n) is 3.35. The molecule has 1 aromatic rings. The zero-order chi connectivity index (χ0) is 11.8. The molecule has 3 nitrogen and oxygen atoms in total. The SMILES string of the molecule is CC1CCC(c2cnn(C(C)(C)C)c2)NC1. The van der Waals surface area contributed by atoms with E-state index >= 15 is 0 Å². The molecule has 0 amide bonds. The molecule has 3 heteroatoms. The van der Waals surface area contributed by atoms with Gasteiger partial charge in [-0.2, -0.15) is 5.10 Å². The summed E-state index contributed by atoms with van der Waals surface area (Å²) in [5.41, 5.74) is 1.42. The van der Waals surface area contributed by atoms with Crippen molar-refractivity contribution in [2.24, 2.45) is 5.92 Å². The van der Waals surface area contributed by atoms with Crippen LogP contribution >= 0.6 is 0 Å². The van der Waals surface area contributed by atoms with Crippen LogP contribution < -0.4 is 5.32 Å². The Balaban J connectivity index is 2.08. The second kappa shape index (κ2) is 4.21. The van der Waals surface area contributed by atoms with E-state index in [1.165, 1.54) is 18.4 Å². The highest BCUT2D eigenvalue weighted by molar-refractivity contribution is 5.12. The van der Waals surface area contributed by atoms with Gasteiger partial charge in [-0.1, -0.05) is 6.92 Å². The van der Waals surface area contributed by atoms with Crippen molar-refractivity contribution >= 4 is 0 Å². The van der Waals surface area contributed by atoms with Crippen LogP contribution in [0.5, 0.6) is 0 Å². The van der Waals surface area contributed by atoms with Gasteiger partial charge in [0.25, 0.3) is 0 Å². The summed E-state index contributed by atoms with van der Waals surface area (Å²) in [5.74, 6) is 0.814. The lowest BCUT2D eigenvalue weighted by atomic mass is 9.93. The fourth-order valence-corrected chi connectivity index (χ4v) is 2.17. The van der Waals surface area contributed by atoms with Crippen molar-refractivity contribution in [2.45, 2.75) is 52.1 Å². The molecule has 90 valence electrons. The second-order valence-electron chi connectivity index (χ2n) is 6.03. The average molecular weight is 221 g/mol. The minimum Gasteiger partial charge on any atom is -0.310 e. The molecule has 1 aliphatic rings. The molecule has 2 atom stereocenters. The Hall–Kier alpha value is -0.830. The first kappa shape index (κ1) is 11.6. The normalized spacial score (nSPS) is 27.0. The van der Waals surface area contributed by atoms with E-state index in [-0.39, 0.29) is 5.54 Å². The van der Waals surface area contributed by atoms with E-state index < -0.39 is 0 Å². The first-order valence-electron chi connectivity index (χ1n) is 6.25.